The van der Waals surface area contributed by atoms with Crippen molar-refractivity contribution < 1.29 is 4.74 Å². The maximum absolute atomic E-state index is 11.3. The van der Waals surface area contributed by atoms with E-state index in [-0.39, 0.29) is 11.1 Å². The van der Waals surface area contributed by atoms with Gasteiger partial charge in [0, 0.05) is 12.0 Å². The fourth-order valence-electron chi connectivity index (χ4n) is 1.40. The van der Waals surface area contributed by atoms with E-state index in [2.05, 4.69) is 9.97 Å². The summed E-state index contributed by atoms with van der Waals surface area (Å²) in [5, 5.41) is 0. The van der Waals surface area contributed by atoms with Gasteiger partial charge in [-0.3, -0.25) is 4.79 Å². The molecule has 0 unspecified atom stereocenters. The Morgan fingerprint density at radius 3 is 2.59 bits per heavy atom. The summed E-state index contributed by atoms with van der Waals surface area (Å²) in [6.45, 7) is 6.35. The Bertz CT molecular complexity index is 410. The van der Waals surface area contributed by atoms with Gasteiger partial charge in [0.1, 0.15) is 12.4 Å². The van der Waals surface area contributed by atoms with Crippen LogP contribution in [-0.2, 0) is 6.42 Å². The van der Waals surface area contributed by atoms with Crippen LogP contribution >= 0.6 is 0 Å². The predicted octanol–water partition coefficient (Wildman–Crippen LogP) is 1.23. The van der Waals surface area contributed by atoms with E-state index in [1.54, 1.807) is 0 Å². The number of nitrogens with two attached hydrogens (primary N) is 1. The molecule has 0 bridgehead atoms. The summed E-state index contributed by atoms with van der Waals surface area (Å²) in [6, 6.07) is 1.35. The van der Waals surface area contributed by atoms with Crippen molar-refractivity contribution in [1.29, 1.82) is 0 Å². The molecule has 0 aliphatic heterocycles. The fraction of sp³-hybridized carbons (Fsp3) is 0.667. The lowest BCUT2D eigenvalue weighted by atomic mass is 9.96. The van der Waals surface area contributed by atoms with E-state index in [4.69, 9.17) is 10.5 Å². The summed E-state index contributed by atoms with van der Waals surface area (Å²) in [7, 11) is 0. The molecular formula is C12H21N3O2. The maximum atomic E-state index is 11.3. The molecule has 5 heteroatoms. The highest BCUT2D eigenvalue weighted by molar-refractivity contribution is 5.09. The largest absolute Gasteiger partial charge is 0.476 e. The average Bonchev–Trinajstić information content (AvgIpc) is 2.35. The van der Waals surface area contributed by atoms with Gasteiger partial charge in [0.05, 0.1) is 6.07 Å². The molecule has 17 heavy (non-hydrogen) atoms. The van der Waals surface area contributed by atoms with E-state index in [1.807, 2.05) is 20.8 Å². The van der Waals surface area contributed by atoms with Crippen molar-refractivity contribution in [3.05, 3.63) is 22.2 Å². The lowest BCUT2D eigenvalue weighted by Gasteiger charge is -2.26. The summed E-state index contributed by atoms with van der Waals surface area (Å²) >= 11 is 0. The SMILES string of the molecule is CCc1nc(OCC(N)(CC)CC)cc(=O)[nH]1. The zero-order chi connectivity index (χ0) is 12.9. The predicted molar refractivity (Wildman–Crippen MR) is 67.2 cm³/mol. The Morgan fingerprint density at radius 1 is 1.41 bits per heavy atom. The van der Waals surface area contributed by atoms with Crippen LogP contribution in [0, 0.1) is 0 Å². The van der Waals surface area contributed by atoms with Gasteiger partial charge < -0.3 is 15.5 Å². The molecule has 0 aliphatic carbocycles. The molecule has 1 aromatic rings. The fourth-order valence-corrected chi connectivity index (χ4v) is 1.40. The molecule has 3 N–H and O–H groups in total. The van der Waals surface area contributed by atoms with Gasteiger partial charge in [0.2, 0.25) is 5.88 Å². The lowest BCUT2D eigenvalue weighted by molar-refractivity contribution is 0.200. The van der Waals surface area contributed by atoms with E-state index in [9.17, 15) is 4.79 Å². The van der Waals surface area contributed by atoms with Crippen molar-refractivity contribution in [2.24, 2.45) is 5.73 Å². The van der Waals surface area contributed by atoms with Gasteiger partial charge in [-0.15, -0.1) is 0 Å². The quantitative estimate of drug-likeness (QED) is 0.782. The molecule has 0 spiro atoms. The Morgan fingerprint density at radius 2 is 2.06 bits per heavy atom. The zero-order valence-corrected chi connectivity index (χ0v) is 10.7. The second-order valence-corrected chi connectivity index (χ2v) is 4.24. The van der Waals surface area contributed by atoms with Crippen molar-refractivity contribution >= 4 is 0 Å². The van der Waals surface area contributed by atoms with Gasteiger partial charge >= 0.3 is 0 Å². The topological polar surface area (TPSA) is 81.0 Å². The van der Waals surface area contributed by atoms with Crippen molar-refractivity contribution in [2.45, 2.75) is 45.6 Å². The molecule has 0 radical (unpaired) electrons. The molecule has 0 atom stereocenters. The molecular weight excluding hydrogens is 218 g/mol. The Balaban J connectivity index is 2.75. The van der Waals surface area contributed by atoms with Crippen molar-refractivity contribution in [3.8, 4) is 5.88 Å². The molecule has 96 valence electrons. The van der Waals surface area contributed by atoms with Crippen LogP contribution in [0.3, 0.4) is 0 Å². The third kappa shape index (κ3) is 3.85. The molecule has 0 amide bonds. The van der Waals surface area contributed by atoms with Gasteiger partial charge in [-0.05, 0) is 12.8 Å². The molecule has 0 aromatic carbocycles. The van der Waals surface area contributed by atoms with Crippen molar-refractivity contribution in [2.75, 3.05) is 6.61 Å². The smallest absolute Gasteiger partial charge is 0.254 e. The number of nitrogens with one attached hydrogen (secondary N) is 1. The number of nitrogens with zero attached hydrogens (tertiary/aromatic N) is 1. The Kier molecular flexibility index (Phi) is 4.69. The van der Waals surface area contributed by atoms with E-state index >= 15 is 0 Å². The number of aromatic nitrogens is 2. The minimum atomic E-state index is -0.351. The van der Waals surface area contributed by atoms with E-state index in [0.717, 1.165) is 12.8 Å². The number of hydrogen-bond donors (Lipinski definition) is 2. The number of ether oxygens (including phenoxy) is 1. The highest BCUT2D eigenvalue weighted by atomic mass is 16.5. The highest BCUT2D eigenvalue weighted by Crippen LogP contribution is 2.13. The average molecular weight is 239 g/mol. The van der Waals surface area contributed by atoms with E-state index < -0.39 is 0 Å². The van der Waals surface area contributed by atoms with Crippen LogP contribution in [-0.4, -0.2) is 22.1 Å². The third-order valence-corrected chi connectivity index (χ3v) is 3.02. The maximum Gasteiger partial charge on any atom is 0.254 e. The third-order valence-electron chi connectivity index (χ3n) is 3.02. The van der Waals surface area contributed by atoms with Crippen LogP contribution in [0.4, 0.5) is 0 Å². The number of hydrogen-bond acceptors (Lipinski definition) is 4. The van der Waals surface area contributed by atoms with Crippen LogP contribution < -0.4 is 16.0 Å². The molecule has 0 saturated heterocycles. The first kappa shape index (κ1) is 13.7. The van der Waals surface area contributed by atoms with Gasteiger partial charge in [0.25, 0.3) is 5.56 Å². The van der Waals surface area contributed by atoms with Gasteiger partial charge in [0.15, 0.2) is 0 Å². The van der Waals surface area contributed by atoms with Gasteiger partial charge in [-0.1, -0.05) is 20.8 Å². The lowest BCUT2D eigenvalue weighted by Crippen LogP contribution is -2.44. The summed E-state index contributed by atoms with van der Waals surface area (Å²) in [6.07, 6.45) is 2.32. The number of aromatic amines is 1. The normalized spacial score (nSPS) is 11.5. The second-order valence-electron chi connectivity index (χ2n) is 4.24. The second kappa shape index (κ2) is 5.82. The molecule has 0 fully saturated rings. The molecule has 1 heterocycles. The highest BCUT2D eigenvalue weighted by Gasteiger charge is 2.21. The molecule has 5 nitrogen and oxygen atoms in total. The van der Waals surface area contributed by atoms with Crippen LogP contribution in [0.25, 0.3) is 0 Å². The van der Waals surface area contributed by atoms with E-state index in [1.165, 1.54) is 6.07 Å². The minimum Gasteiger partial charge on any atom is -0.476 e. The Labute approximate surface area is 101 Å². The number of rotatable bonds is 6. The van der Waals surface area contributed by atoms with Gasteiger partial charge in [-0.2, -0.15) is 0 Å². The first-order chi connectivity index (χ1) is 8.03. The van der Waals surface area contributed by atoms with Gasteiger partial charge in [-0.25, -0.2) is 4.98 Å². The standard InChI is InChI=1S/C12H21N3O2/c1-4-9-14-10(16)7-11(15-9)17-8-12(13,5-2)6-3/h7H,4-6,8,13H2,1-3H3,(H,14,15,16). The molecule has 1 aromatic heterocycles. The van der Waals surface area contributed by atoms with Crippen molar-refractivity contribution in [1.82, 2.24) is 9.97 Å². The first-order valence-electron chi connectivity index (χ1n) is 6.05. The molecule has 0 saturated carbocycles. The molecule has 0 aliphatic rings. The zero-order valence-electron chi connectivity index (χ0n) is 10.7. The summed E-state index contributed by atoms with van der Waals surface area (Å²) in [5.41, 5.74) is 5.57. The summed E-state index contributed by atoms with van der Waals surface area (Å²) < 4.78 is 5.52. The van der Waals surface area contributed by atoms with Crippen LogP contribution in [0.1, 0.15) is 39.4 Å². The number of aryl methyl sites for hydroxylation is 1. The summed E-state index contributed by atoms with van der Waals surface area (Å²) in [5.74, 6) is 0.977. The Hall–Kier alpha value is -1.36. The monoisotopic (exact) mass is 239 g/mol. The summed E-state index contributed by atoms with van der Waals surface area (Å²) in [4.78, 5) is 18.2. The van der Waals surface area contributed by atoms with Crippen LogP contribution in [0.5, 0.6) is 5.88 Å². The number of H-pyrrole nitrogens is 1. The molecule has 1 rings (SSSR count). The first-order valence-corrected chi connectivity index (χ1v) is 6.05. The van der Waals surface area contributed by atoms with Crippen LogP contribution in [0.2, 0.25) is 0 Å². The van der Waals surface area contributed by atoms with Crippen molar-refractivity contribution in [3.63, 3.8) is 0 Å². The van der Waals surface area contributed by atoms with Crippen LogP contribution in [0.15, 0.2) is 10.9 Å². The van der Waals surface area contributed by atoms with E-state index in [0.29, 0.717) is 24.7 Å². The minimum absolute atomic E-state index is 0.192.